The molecule has 0 radical (unpaired) electrons. The zero-order valence-electron chi connectivity index (χ0n) is 17.5. The standard InChI is InChI=1S/C23H25BrN2O5/c1-14(2)12-19(23(29)30)26-22(28)18(13-15-8-10-16(24)11-9-15)25-21(27)17-6-4-5-7-20(17)31-3/h4-11,13-14,19H,12H2,1-3H3,(H,25,27)(H,26,28)(H,29,30)/p-1/b18-13-/t19-/m0/s1. The fourth-order valence-electron chi connectivity index (χ4n) is 2.83. The van der Waals surface area contributed by atoms with E-state index in [1.165, 1.54) is 13.2 Å². The molecule has 0 saturated heterocycles. The number of amides is 2. The summed E-state index contributed by atoms with van der Waals surface area (Å²) in [6.45, 7) is 3.67. The van der Waals surface area contributed by atoms with Crippen LogP contribution in [0.3, 0.4) is 0 Å². The number of carboxylic acids is 1. The van der Waals surface area contributed by atoms with E-state index in [-0.39, 0.29) is 23.6 Å². The molecule has 8 heteroatoms. The Morgan fingerprint density at radius 2 is 1.74 bits per heavy atom. The summed E-state index contributed by atoms with van der Waals surface area (Å²) in [6.07, 6.45) is 1.66. The van der Waals surface area contributed by atoms with Crippen molar-refractivity contribution < 1.29 is 24.2 Å². The van der Waals surface area contributed by atoms with E-state index in [1.54, 1.807) is 48.5 Å². The van der Waals surface area contributed by atoms with Gasteiger partial charge in [0.2, 0.25) is 0 Å². The second-order valence-electron chi connectivity index (χ2n) is 7.24. The summed E-state index contributed by atoms with van der Waals surface area (Å²) in [5.74, 6) is -2.33. The number of methoxy groups -OCH3 is 1. The van der Waals surface area contributed by atoms with Gasteiger partial charge in [0.25, 0.3) is 11.8 Å². The molecule has 0 unspecified atom stereocenters. The minimum atomic E-state index is -1.39. The van der Waals surface area contributed by atoms with Crippen molar-refractivity contribution in [3.05, 3.63) is 69.8 Å². The van der Waals surface area contributed by atoms with Gasteiger partial charge >= 0.3 is 0 Å². The Hall–Kier alpha value is -3.13. The van der Waals surface area contributed by atoms with Crippen molar-refractivity contribution in [2.45, 2.75) is 26.3 Å². The Bertz CT molecular complexity index is 970. The van der Waals surface area contributed by atoms with Gasteiger partial charge in [0.1, 0.15) is 11.4 Å². The van der Waals surface area contributed by atoms with Gasteiger partial charge in [0, 0.05) is 4.47 Å². The van der Waals surface area contributed by atoms with Crippen molar-refractivity contribution in [1.29, 1.82) is 0 Å². The number of halogens is 1. The molecule has 0 saturated carbocycles. The third-order valence-corrected chi connectivity index (χ3v) is 4.85. The van der Waals surface area contributed by atoms with Gasteiger partial charge in [-0.15, -0.1) is 0 Å². The number of hydrogen-bond donors (Lipinski definition) is 2. The van der Waals surface area contributed by atoms with Gasteiger partial charge in [-0.1, -0.05) is 54.0 Å². The lowest BCUT2D eigenvalue weighted by molar-refractivity contribution is -0.308. The molecule has 0 aromatic heterocycles. The molecule has 0 aliphatic heterocycles. The summed E-state index contributed by atoms with van der Waals surface area (Å²) in [4.78, 5) is 37.2. The van der Waals surface area contributed by atoms with Crippen LogP contribution in [0.1, 0.15) is 36.2 Å². The predicted molar refractivity (Wildman–Crippen MR) is 119 cm³/mol. The van der Waals surface area contributed by atoms with Gasteiger partial charge in [0.15, 0.2) is 0 Å². The number of hydrogen-bond acceptors (Lipinski definition) is 5. The van der Waals surface area contributed by atoms with E-state index in [9.17, 15) is 19.5 Å². The molecule has 1 atom stereocenters. The summed E-state index contributed by atoms with van der Waals surface area (Å²) >= 11 is 3.34. The second kappa shape index (κ2) is 11.3. The molecule has 0 fully saturated rings. The summed E-state index contributed by atoms with van der Waals surface area (Å²) in [5.41, 5.74) is 0.772. The largest absolute Gasteiger partial charge is 0.548 e. The molecule has 0 aliphatic carbocycles. The van der Waals surface area contributed by atoms with Crippen molar-refractivity contribution in [2.24, 2.45) is 5.92 Å². The predicted octanol–water partition coefficient (Wildman–Crippen LogP) is 2.51. The highest BCUT2D eigenvalue weighted by Crippen LogP contribution is 2.18. The van der Waals surface area contributed by atoms with Crippen LogP contribution in [-0.4, -0.2) is 30.9 Å². The number of nitrogens with one attached hydrogen (secondary N) is 2. The molecule has 0 aliphatic rings. The van der Waals surface area contributed by atoms with Crippen LogP contribution in [0, 0.1) is 5.92 Å². The lowest BCUT2D eigenvalue weighted by atomic mass is 10.0. The van der Waals surface area contributed by atoms with Crippen LogP contribution in [0.15, 0.2) is 58.7 Å². The smallest absolute Gasteiger partial charge is 0.268 e. The number of benzene rings is 2. The quantitative estimate of drug-likeness (QED) is 0.528. The molecular weight excluding hydrogens is 464 g/mol. The molecule has 7 nitrogen and oxygen atoms in total. The van der Waals surface area contributed by atoms with Crippen LogP contribution in [-0.2, 0) is 9.59 Å². The van der Waals surface area contributed by atoms with E-state index in [0.717, 1.165) is 4.47 Å². The number of carbonyl (C=O) groups excluding carboxylic acids is 3. The van der Waals surface area contributed by atoms with Crippen LogP contribution in [0.4, 0.5) is 0 Å². The third kappa shape index (κ3) is 7.25. The van der Waals surface area contributed by atoms with E-state index in [4.69, 9.17) is 4.74 Å². The first-order valence-electron chi connectivity index (χ1n) is 9.64. The van der Waals surface area contributed by atoms with Crippen LogP contribution in [0.5, 0.6) is 5.75 Å². The first-order chi connectivity index (χ1) is 14.7. The van der Waals surface area contributed by atoms with Crippen molar-refractivity contribution >= 4 is 39.8 Å². The van der Waals surface area contributed by atoms with E-state index in [2.05, 4.69) is 26.6 Å². The van der Waals surface area contributed by atoms with Crippen molar-refractivity contribution in [3.8, 4) is 5.75 Å². The Balaban J connectivity index is 2.36. The van der Waals surface area contributed by atoms with Gasteiger partial charge in [-0.2, -0.15) is 0 Å². The van der Waals surface area contributed by atoms with Crippen LogP contribution in [0.2, 0.25) is 0 Å². The van der Waals surface area contributed by atoms with Gasteiger partial charge < -0.3 is 25.3 Å². The summed E-state index contributed by atoms with van der Waals surface area (Å²) in [7, 11) is 1.44. The number of aliphatic carboxylic acids is 1. The highest BCUT2D eigenvalue weighted by atomic mass is 79.9. The molecule has 0 heterocycles. The topological polar surface area (TPSA) is 108 Å². The molecule has 2 aromatic carbocycles. The molecule has 2 rings (SSSR count). The molecule has 164 valence electrons. The molecule has 0 bridgehead atoms. The molecule has 2 amide bonds. The van der Waals surface area contributed by atoms with Gasteiger partial charge in [0.05, 0.1) is 24.7 Å². The monoisotopic (exact) mass is 487 g/mol. The van der Waals surface area contributed by atoms with Crippen LogP contribution in [0.25, 0.3) is 6.08 Å². The maximum atomic E-state index is 12.9. The normalized spacial score (nSPS) is 12.2. The van der Waals surface area contributed by atoms with Crippen molar-refractivity contribution in [3.63, 3.8) is 0 Å². The van der Waals surface area contributed by atoms with Crippen molar-refractivity contribution in [2.75, 3.05) is 7.11 Å². The molecule has 2 N–H and O–H groups in total. The molecule has 31 heavy (non-hydrogen) atoms. The van der Waals surface area contributed by atoms with Crippen LogP contribution >= 0.6 is 15.9 Å². The maximum absolute atomic E-state index is 12.9. The lowest BCUT2D eigenvalue weighted by Crippen LogP contribution is -2.50. The number of carbonyl (C=O) groups is 3. The third-order valence-electron chi connectivity index (χ3n) is 4.32. The molecule has 0 spiro atoms. The Kier molecular flexibility index (Phi) is 8.81. The Labute approximate surface area is 189 Å². The number of rotatable bonds is 9. The van der Waals surface area contributed by atoms with Crippen LogP contribution < -0.4 is 20.5 Å². The van der Waals surface area contributed by atoms with E-state index >= 15 is 0 Å². The van der Waals surface area contributed by atoms with E-state index < -0.39 is 23.8 Å². The van der Waals surface area contributed by atoms with Gasteiger partial charge in [-0.05, 0) is 48.2 Å². The first-order valence-corrected chi connectivity index (χ1v) is 10.4. The number of carboxylic acid groups (broad SMARTS) is 1. The summed E-state index contributed by atoms with van der Waals surface area (Å²) in [5, 5.41) is 16.5. The van der Waals surface area contributed by atoms with Gasteiger partial charge in [-0.3, -0.25) is 9.59 Å². The van der Waals surface area contributed by atoms with E-state index in [1.807, 2.05) is 13.8 Å². The minimum absolute atomic E-state index is 0.0188. The minimum Gasteiger partial charge on any atom is -0.548 e. The van der Waals surface area contributed by atoms with Gasteiger partial charge in [-0.25, -0.2) is 0 Å². The number of para-hydroxylation sites is 1. The Morgan fingerprint density at radius 3 is 2.32 bits per heavy atom. The Morgan fingerprint density at radius 1 is 1.10 bits per heavy atom. The summed E-state index contributed by atoms with van der Waals surface area (Å²) in [6, 6.07) is 12.4. The van der Waals surface area contributed by atoms with Crippen molar-refractivity contribution in [1.82, 2.24) is 10.6 Å². The second-order valence-corrected chi connectivity index (χ2v) is 8.15. The molecule has 2 aromatic rings. The average Bonchev–Trinajstić information content (AvgIpc) is 2.73. The molecular formula is C23H24BrN2O5-. The number of ether oxygens (including phenoxy) is 1. The zero-order valence-corrected chi connectivity index (χ0v) is 19.1. The fourth-order valence-corrected chi connectivity index (χ4v) is 3.09. The SMILES string of the molecule is COc1ccccc1C(=O)N/C(=C\c1ccc(Br)cc1)C(=O)N[C@@H](CC(C)C)C(=O)[O-]. The van der Waals surface area contributed by atoms with E-state index in [0.29, 0.717) is 11.3 Å². The lowest BCUT2D eigenvalue weighted by Gasteiger charge is -2.22. The zero-order chi connectivity index (χ0) is 23.0. The summed E-state index contributed by atoms with van der Waals surface area (Å²) < 4.78 is 6.06. The first kappa shape index (κ1) is 24.1. The highest BCUT2D eigenvalue weighted by Gasteiger charge is 2.21. The maximum Gasteiger partial charge on any atom is 0.268 e. The highest BCUT2D eigenvalue weighted by molar-refractivity contribution is 9.10. The fraction of sp³-hybridized carbons (Fsp3) is 0.261. The average molecular weight is 488 g/mol.